The molecule has 0 fully saturated rings. The first-order chi connectivity index (χ1) is 3.43. The summed E-state index contributed by atoms with van der Waals surface area (Å²) in [5, 5.41) is 3.04. The van der Waals surface area contributed by atoms with Crippen molar-refractivity contribution in [3.63, 3.8) is 0 Å². The third-order valence-electron chi connectivity index (χ3n) is 0.619. The molecule has 1 aromatic heterocycles. The lowest BCUT2D eigenvalue weighted by atomic mass is 10.8. The minimum absolute atomic E-state index is 0.762. The third kappa shape index (κ3) is 1.17. The second-order valence-electron chi connectivity index (χ2n) is 1.08. The van der Waals surface area contributed by atoms with Crippen molar-refractivity contribution in [2.45, 2.75) is 5.75 Å². The van der Waals surface area contributed by atoms with Crippen molar-refractivity contribution in [3.8, 4) is 0 Å². The lowest BCUT2D eigenvalue weighted by Crippen LogP contribution is -1.67. The van der Waals surface area contributed by atoms with E-state index in [9.17, 15) is 0 Å². The van der Waals surface area contributed by atoms with Crippen molar-refractivity contribution < 1.29 is 0 Å². The van der Waals surface area contributed by atoms with Gasteiger partial charge in [0.15, 0.2) is 0 Å². The zero-order valence-corrected chi connectivity index (χ0v) is 5.38. The van der Waals surface area contributed by atoms with Gasteiger partial charge in [-0.25, -0.2) is 4.98 Å². The Morgan fingerprint density at radius 2 is 2.71 bits per heavy atom. The Labute approximate surface area is 51.8 Å². The quantitative estimate of drug-likeness (QED) is 0.571. The number of hydrogen-bond donors (Lipinski definition) is 1. The summed E-state index contributed by atoms with van der Waals surface area (Å²) in [6.45, 7) is 0. The Morgan fingerprint density at radius 1 is 1.86 bits per heavy atom. The van der Waals surface area contributed by atoms with Gasteiger partial charge < -0.3 is 0 Å². The zero-order valence-electron chi connectivity index (χ0n) is 3.66. The highest BCUT2D eigenvalue weighted by molar-refractivity contribution is 7.79. The molecule has 0 saturated carbocycles. The van der Waals surface area contributed by atoms with Crippen LogP contribution in [-0.2, 0) is 5.75 Å². The van der Waals surface area contributed by atoms with E-state index in [1.165, 1.54) is 0 Å². The van der Waals surface area contributed by atoms with Crippen LogP contribution in [0.1, 0.15) is 5.01 Å². The molecule has 0 aliphatic rings. The molecule has 0 unspecified atom stereocenters. The number of thiol groups is 1. The van der Waals surface area contributed by atoms with Crippen molar-refractivity contribution in [2.24, 2.45) is 0 Å². The third-order valence-corrected chi connectivity index (χ3v) is 1.91. The Bertz CT molecular complexity index is 124. The predicted octanol–water partition coefficient (Wildman–Crippen LogP) is 1.57. The van der Waals surface area contributed by atoms with Crippen LogP contribution in [-0.4, -0.2) is 4.98 Å². The molecule has 1 heterocycles. The summed E-state index contributed by atoms with van der Waals surface area (Å²) in [4.78, 5) is 3.98. The van der Waals surface area contributed by atoms with Gasteiger partial charge in [-0.3, -0.25) is 0 Å². The minimum atomic E-state index is 0.762. The fraction of sp³-hybridized carbons (Fsp3) is 0.250. The van der Waals surface area contributed by atoms with Crippen LogP contribution in [0.4, 0.5) is 0 Å². The molecule has 0 aliphatic carbocycles. The van der Waals surface area contributed by atoms with Gasteiger partial charge in [0.25, 0.3) is 0 Å². The lowest BCUT2D eigenvalue weighted by Gasteiger charge is -1.76. The SMILES string of the molecule is SCc1nccs1. The molecule has 0 bridgehead atoms. The second kappa shape index (κ2) is 2.33. The van der Waals surface area contributed by atoms with Crippen molar-refractivity contribution in [1.29, 1.82) is 0 Å². The van der Waals surface area contributed by atoms with Gasteiger partial charge in [0, 0.05) is 17.3 Å². The molecule has 0 atom stereocenters. The highest BCUT2D eigenvalue weighted by Gasteiger charge is 1.85. The summed E-state index contributed by atoms with van der Waals surface area (Å²) >= 11 is 5.66. The molecule has 1 aromatic rings. The topological polar surface area (TPSA) is 12.9 Å². The van der Waals surface area contributed by atoms with Gasteiger partial charge in [-0.05, 0) is 0 Å². The highest BCUT2D eigenvalue weighted by Crippen LogP contribution is 2.05. The van der Waals surface area contributed by atoms with E-state index in [0.717, 1.165) is 10.8 Å². The van der Waals surface area contributed by atoms with E-state index in [0.29, 0.717) is 0 Å². The molecule has 38 valence electrons. The van der Waals surface area contributed by atoms with Gasteiger partial charge in [-0.1, -0.05) is 0 Å². The largest absolute Gasteiger partial charge is 0.249 e. The molecule has 0 radical (unpaired) electrons. The van der Waals surface area contributed by atoms with Gasteiger partial charge in [0.2, 0.25) is 0 Å². The number of nitrogens with zero attached hydrogens (tertiary/aromatic N) is 1. The minimum Gasteiger partial charge on any atom is -0.249 e. The average Bonchev–Trinajstić information content (AvgIpc) is 2.14. The van der Waals surface area contributed by atoms with Crippen molar-refractivity contribution in [2.75, 3.05) is 0 Å². The van der Waals surface area contributed by atoms with E-state index < -0.39 is 0 Å². The highest BCUT2D eigenvalue weighted by atomic mass is 32.1. The van der Waals surface area contributed by atoms with E-state index in [2.05, 4.69) is 17.6 Å². The van der Waals surface area contributed by atoms with Crippen LogP contribution in [0.2, 0.25) is 0 Å². The Kier molecular flexibility index (Phi) is 1.70. The monoisotopic (exact) mass is 131 g/mol. The second-order valence-corrected chi connectivity index (χ2v) is 2.38. The zero-order chi connectivity index (χ0) is 5.11. The first kappa shape index (κ1) is 5.12. The first-order valence-electron chi connectivity index (χ1n) is 1.92. The fourth-order valence-corrected chi connectivity index (χ4v) is 1.11. The normalized spacial score (nSPS) is 9.29. The molecule has 0 amide bonds. The standard InChI is InChI=1S/C4H5NS2/c6-3-4-5-1-2-7-4/h1-2,6H,3H2. The van der Waals surface area contributed by atoms with Gasteiger partial charge >= 0.3 is 0 Å². The van der Waals surface area contributed by atoms with E-state index >= 15 is 0 Å². The Balaban J connectivity index is 2.76. The molecule has 0 spiro atoms. The molecule has 0 aromatic carbocycles. The van der Waals surface area contributed by atoms with E-state index in [1.807, 2.05) is 5.38 Å². The van der Waals surface area contributed by atoms with E-state index in [1.54, 1.807) is 17.5 Å². The molecular weight excluding hydrogens is 126 g/mol. The van der Waals surface area contributed by atoms with Gasteiger partial charge in [0.05, 0.1) is 0 Å². The van der Waals surface area contributed by atoms with E-state index in [-0.39, 0.29) is 0 Å². The Hall–Kier alpha value is -0.0200. The maximum atomic E-state index is 4.02. The maximum Gasteiger partial charge on any atom is 0.102 e. The maximum absolute atomic E-state index is 4.02. The molecule has 3 heteroatoms. The number of hydrogen-bond acceptors (Lipinski definition) is 3. The number of aromatic nitrogens is 1. The molecule has 1 rings (SSSR count). The predicted molar refractivity (Wildman–Crippen MR) is 34.8 cm³/mol. The van der Waals surface area contributed by atoms with Crippen molar-refractivity contribution >= 4 is 24.0 Å². The van der Waals surface area contributed by atoms with Crippen LogP contribution in [0.15, 0.2) is 11.6 Å². The smallest absolute Gasteiger partial charge is 0.102 e. The molecule has 0 saturated heterocycles. The van der Waals surface area contributed by atoms with Gasteiger partial charge in [0.1, 0.15) is 5.01 Å². The summed E-state index contributed by atoms with van der Waals surface area (Å²) in [6, 6.07) is 0. The van der Waals surface area contributed by atoms with Crippen LogP contribution < -0.4 is 0 Å². The van der Waals surface area contributed by atoms with Crippen LogP contribution in [0.3, 0.4) is 0 Å². The van der Waals surface area contributed by atoms with Gasteiger partial charge in [-0.2, -0.15) is 12.6 Å². The summed E-state index contributed by atoms with van der Waals surface area (Å²) in [5.41, 5.74) is 0. The van der Waals surface area contributed by atoms with Crippen molar-refractivity contribution in [3.05, 3.63) is 16.6 Å². The summed E-state index contributed by atoms with van der Waals surface area (Å²) in [5.74, 6) is 0.762. The van der Waals surface area contributed by atoms with Crippen LogP contribution in [0.5, 0.6) is 0 Å². The summed E-state index contributed by atoms with van der Waals surface area (Å²) in [7, 11) is 0. The fourth-order valence-electron chi connectivity index (χ4n) is 0.331. The van der Waals surface area contributed by atoms with E-state index in [4.69, 9.17) is 0 Å². The molecular formula is C4H5NS2. The lowest BCUT2D eigenvalue weighted by molar-refractivity contribution is 1.28. The molecule has 0 aliphatic heterocycles. The molecule has 1 nitrogen and oxygen atoms in total. The Morgan fingerprint density at radius 3 is 3.00 bits per heavy atom. The summed E-state index contributed by atoms with van der Waals surface area (Å²) < 4.78 is 0. The number of rotatable bonds is 1. The summed E-state index contributed by atoms with van der Waals surface area (Å²) in [6.07, 6.45) is 1.79. The molecule has 0 N–H and O–H groups in total. The van der Waals surface area contributed by atoms with Crippen LogP contribution >= 0.6 is 24.0 Å². The average molecular weight is 131 g/mol. The first-order valence-corrected chi connectivity index (χ1v) is 3.44. The van der Waals surface area contributed by atoms with Crippen LogP contribution in [0, 0.1) is 0 Å². The van der Waals surface area contributed by atoms with Gasteiger partial charge in [-0.15, -0.1) is 11.3 Å². The van der Waals surface area contributed by atoms with Crippen molar-refractivity contribution in [1.82, 2.24) is 4.98 Å². The molecule has 7 heavy (non-hydrogen) atoms. The van der Waals surface area contributed by atoms with Crippen LogP contribution in [0.25, 0.3) is 0 Å². The number of thiazole rings is 1.